The number of anilines is 1. The lowest BCUT2D eigenvalue weighted by Gasteiger charge is -2.33. The third kappa shape index (κ3) is 1.37. The van der Waals surface area contributed by atoms with Crippen LogP contribution in [0.25, 0.3) is 0 Å². The van der Waals surface area contributed by atoms with E-state index in [2.05, 4.69) is 16.8 Å². The van der Waals surface area contributed by atoms with Crippen LogP contribution < -0.4 is 5.32 Å². The number of aromatic nitrogens is 2. The number of aryl methyl sites for hydroxylation is 1. The smallest absolute Gasteiger partial charge is 0.203 e. The maximum Gasteiger partial charge on any atom is 0.203 e. The van der Waals surface area contributed by atoms with Crippen LogP contribution in [0, 0.1) is 5.41 Å². The topological polar surface area (TPSA) is 29.9 Å². The molecule has 0 bridgehead atoms. The fourth-order valence-corrected chi connectivity index (χ4v) is 3.66. The van der Waals surface area contributed by atoms with E-state index in [1.54, 1.807) is 5.69 Å². The molecule has 4 rings (SSSR count). The van der Waals surface area contributed by atoms with E-state index in [-0.39, 0.29) is 0 Å². The largest absolute Gasteiger partial charge is 0.356 e. The Kier molecular flexibility index (Phi) is 1.92. The average molecular weight is 231 g/mol. The quantitative estimate of drug-likeness (QED) is 0.805. The van der Waals surface area contributed by atoms with Gasteiger partial charge in [0.15, 0.2) is 0 Å². The van der Waals surface area contributed by atoms with Crippen molar-refractivity contribution in [3.8, 4) is 0 Å². The molecule has 0 aromatic carbocycles. The van der Waals surface area contributed by atoms with Gasteiger partial charge in [-0.2, -0.15) is 0 Å². The van der Waals surface area contributed by atoms with Crippen molar-refractivity contribution in [1.29, 1.82) is 0 Å². The molecule has 0 spiro atoms. The van der Waals surface area contributed by atoms with Crippen LogP contribution in [0.3, 0.4) is 0 Å². The number of nitrogens with one attached hydrogen (secondary N) is 1. The molecule has 1 saturated carbocycles. The van der Waals surface area contributed by atoms with Gasteiger partial charge >= 0.3 is 0 Å². The van der Waals surface area contributed by atoms with Gasteiger partial charge in [-0.25, -0.2) is 4.98 Å². The third-order valence-corrected chi connectivity index (χ3v) is 5.03. The summed E-state index contributed by atoms with van der Waals surface area (Å²) in [7, 11) is 0. The van der Waals surface area contributed by atoms with Crippen molar-refractivity contribution in [1.82, 2.24) is 9.55 Å². The van der Waals surface area contributed by atoms with Gasteiger partial charge in [0, 0.05) is 18.3 Å². The molecule has 0 saturated heterocycles. The number of nitrogens with zero attached hydrogens (tertiary/aromatic N) is 2. The molecule has 1 N–H and O–H groups in total. The second-order valence-corrected chi connectivity index (χ2v) is 6.29. The van der Waals surface area contributed by atoms with Crippen LogP contribution in [0.2, 0.25) is 0 Å². The second-order valence-electron chi connectivity index (χ2n) is 6.29. The van der Waals surface area contributed by atoms with Crippen LogP contribution in [-0.4, -0.2) is 16.1 Å². The van der Waals surface area contributed by atoms with E-state index in [1.165, 1.54) is 56.6 Å². The molecular formula is C14H21N3. The van der Waals surface area contributed by atoms with Gasteiger partial charge in [0.05, 0.1) is 5.69 Å². The summed E-state index contributed by atoms with van der Waals surface area (Å²) >= 11 is 0. The normalized spacial score (nSPS) is 29.1. The summed E-state index contributed by atoms with van der Waals surface area (Å²) in [5.74, 6) is 1.17. The molecule has 1 aromatic heterocycles. The highest BCUT2D eigenvalue weighted by Gasteiger charge is 2.48. The Morgan fingerprint density at radius 3 is 2.94 bits per heavy atom. The molecule has 1 unspecified atom stereocenters. The van der Waals surface area contributed by atoms with E-state index in [0.717, 1.165) is 6.54 Å². The Hall–Kier alpha value is -0.990. The van der Waals surface area contributed by atoms with E-state index in [4.69, 9.17) is 4.98 Å². The Bertz CT molecular complexity index is 456. The van der Waals surface area contributed by atoms with Gasteiger partial charge in [0.2, 0.25) is 5.95 Å². The highest BCUT2D eigenvalue weighted by molar-refractivity contribution is 5.39. The maximum absolute atomic E-state index is 4.83. The molecule has 0 amide bonds. The summed E-state index contributed by atoms with van der Waals surface area (Å²) in [6, 6.07) is 0.716. The van der Waals surface area contributed by atoms with E-state index in [0.29, 0.717) is 11.5 Å². The van der Waals surface area contributed by atoms with Crippen molar-refractivity contribution in [3.63, 3.8) is 0 Å². The van der Waals surface area contributed by atoms with E-state index < -0.39 is 0 Å². The number of imidazole rings is 1. The number of hydrogen-bond acceptors (Lipinski definition) is 2. The molecule has 2 aliphatic carbocycles. The van der Waals surface area contributed by atoms with Gasteiger partial charge < -0.3 is 9.88 Å². The zero-order valence-electron chi connectivity index (χ0n) is 10.6. The maximum atomic E-state index is 4.83. The molecule has 1 aromatic rings. The van der Waals surface area contributed by atoms with Crippen LogP contribution in [0.5, 0.6) is 0 Å². The Balaban J connectivity index is 1.83. The molecule has 1 aliphatic heterocycles. The van der Waals surface area contributed by atoms with Crippen LogP contribution in [0.1, 0.15) is 56.5 Å². The van der Waals surface area contributed by atoms with Crippen molar-refractivity contribution in [2.45, 2.75) is 57.9 Å². The lowest BCUT2D eigenvalue weighted by molar-refractivity contribution is 0.300. The molecule has 17 heavy (non-hydrogen) atoms. The Morgan fingerprint density at radius 1 is 1.29 bits per heavy atom. The van der Waals surface area contributed by atoms with E-state index in [1.807, 2.05) is 0 Å². The minimum absolute atomic E-state index is 0.572. The van der Waals surface area contributed by atoms with Crippen LogP contribution in [-0.2, 0) is 12.8 Å². The molecule has 2 heterocycles. The lowest BCUT2D eigenvalue weighted by Crippen LogP contribution is -2.29. The molecule has 3 heteroatoms. The fraction of sp³-hybridized carbons (Fsp3) is 0.786. The monoisotopic (exact) mass is 231 g/mol. The zero-order chi connectivity index (χ0) is 11.5. The minimum Gasteiger partial charge on any atom is -0.356 e. The van der Waals surface area contributed by atoms with Crippen molar-refractivity contribution >= 4 is 5.95 Å². The molecule has 1 fully saturated rings. The van der Waals surface area contributed by atoms with Crippen molar-refractivity contribution in [3.05, 3.63) is 11.4 Å². The standard InChI is InChI=1S/C14H21N3/c1-14(7-8-14)12-6-9-15-13-16-10-4-2-3-5-11(10)17(12)13/h12H,2-9H2,1H3,(H,15,16). The van der Waals surface area contributed by atoms with Gasteiger partial charge in [-0.3, -0.25) is 0 Å². The molecule has 1 atom stereocenters. The first-order valence-electron chi connectivity index (χ1n) is 7.12. The predicted molar refractivity (Wildman–Crippen MR) is 68.4 cm³/mol. The van der Waals surface area contributed by atoms with Gasteiger partial charge in [0.1, 0.15) is 0 Å². The van der Waals surface area contributed by atoms with Crippen LogP contribution >= 0.6 is 0 Å². The first kappa shape index (κ1) is 9.98. The van der Waals surface area contributed by atoms with Crippen LogP contribution in [0.4, 0.5) is 5.95 Å². The Labute approximate surface area is 103 Å². The molecular weight excluding hydrogens is 210 g/mol. The summed E-state index contributed by atoms with van der Waals surface area (Å²) in [4.78, 5) is 4.83. The highest BCUT2D eigenvalue weighted by Crippen LogP contribution is 2.57. The van der Waals surface area contributed by atoms with Gasteiger partial charge in [0.25, 0.3) is 0 Å². The van der Waals surface area contributed by atoms with Crippen molar-refractivity contribution in [2.75, 3.05) is 11.9 Å². The van der Waals surface area contributed by atoms with E-state index >= 15 is 0 Å². The van der Waals surface area contributed by atoms with Gasteiger partial charge in [-0.05, 0) is 50.4 Å². The first-order chi connectivity index (χ1) is 8.28. The Morgan fingerprint density at radius 2 is 2.12 bits per heavy atom. The molecule has 3 nitrogen and oxygen atoms in total. The summed E-state index contributed by atoms with van der Waals surface area (Å²) in [5, 5.41) is 3.50. The number of hydrogen-bond donors (Lipinski definition) is 1. The van der Waals surface area contributed by atoms with Gasteiger partial charge in [-0.15, -0.1) is 0 Å². The summed E-state index contributed by atoms with van der Waals surface area (Å²) in [5.41, 5.74) is 3.51. The van der Waals surface area contributed by atoms with E-state index in [9.17, 15) is 0 Å². The minimum atomic E-state index is 0.572. The SMILES string of the molecule is CC1(C2CCNc3nc4c(n32)CCCC4)CC1. The molecule has 0 radical (unpaired) electrons. The molecule has 92 valence electrons. The number of rotatable bonds is 1. The van der Waals surface area contributed by atoms with Crippen molar-refractivity contribution < 1.29 is 0 Å². The third-order valence-electron chi connectivity index (χ3n) is 5.03. The second kappa shape index (κ2) is 3.27. The predicted octanol–water partition coefficient (Wildman–Crippen LogP) is 2.92. The lowest BCUT2D eigenvalue weighted by atomic mass is 9.93. The number of fused-ring (bicyclic) bond motifs is 3. The highest BCUT2D eigenvalue weighted by atomic mass is 15.3. The molecule has 3 aliphatic rings. The summed E-state index contributed by atoms with van der Waals surface area (Å²) in [6.07, 6.45) is 9.21. The van der Waals surface area contributed by atoms with Crippen molar-refractivity contribution in [2.24, 2.45) is 5.41 Å². The van der Waals surface area contributed by atoms with Gasteiger partial charge in [-0.1, -0.05) is 6.92 Å². The summed E-state index contributed by atoms with van der Waals surface area (Å²) < 4.78 is 2.57. The summed E-state index contributed by atoms with van der Waals surface area (Å²) in [6.45, 7) is 3.57. The average Bonchev–Trinajstić information content (AvgIpc) is 2.99. The van der Waals surface area contributed by atoms with Crippen LogP contribution in [0.15, 0.2) is 0 Å². The first-order valence-corrected chi connectivity index (χ1v) is 7.12. The zero-order valence-corrected chi connectivity index (χ0v) is 10.6. The fourth-order valence-electron chi connectivity index (χ4n) is 3.66.